The Morgan fingerprint density at radius 1 is 1.04 bits per heavy atom. The van der Waals surface area contributed by atoms with Gasteiger partial charge in [0.1, 0.15) is 34.3 Å². The molecule has 3 heterocycles. The summed E-state index contributed by atoms with van der Waals surface area (Å²) in [5.41, 5.74) is -0.756. The molecular formula is C33H34ClF3N4O4. The van der Waals surface area contributed by atoms with Crippen LogP contribution in [0.5, 0.6) is 5.75 Å². The molecule has 1 amide bonds. The lowest BCUT2D eigenvalue weighted by molar-refractivity contribution is 0.0123. The summed E-state index contributed by atoms with van der Waals surface area (Å²) >= 11 is 6.36. The molecule has 45 heavy (non-hydrogen) atoms. The number of benzene rings is 3. The van der Waals surface area contributed by atoms with Gasteiger partial charge in [-0.1, -0.05) is 13.0 Å². The van der Waals surface area contributed by atoms with E-state index in [1.54, 1.807) is 24.0 Å². The summed E-state index contributed by atoms with van der Waals surface area (Å²) in [6, 6.07) is 6.89. The van der Waals surface area contributed by atoms with Crippen molar-refractivity contribution in [3.63, 3.8) is 0 Å². The molecule has 0 aliphatic carbocycles. The summed E-state index contributed by atoms with van der Waals surface area (Å²) in [4.78, 5) is 25.2. The largest absolute Gasteiger partial charge is 0.468 e. The number of halogens is 4. The zero-order valence-electron chi connectivity index (χ0n) is 25.7. The van der Waals surface area contributed by atoms with Crippen molar-refractivity contribution in [3.05, 3.63) is 58.6 Å². The van der Waals surface area contributed by atoms with E-state index in [1.807, 2.05) is 25.7 Å². The molecule has 0 saturated carbocycles. The quantitative estimate of drug-likeness (QED) is 0.158. The van der Waals surface area contributed by atoms with Gasteiger partial charge in [0.25, 0.3) is 0 Å². The number of carbonyl (C=O) groups is 1. The van der Waals surface area contributed by atoms with Crippen LogP contribution in [0.25, 0.3) is 32.8 Å². The number of aromatic nitrogens is 2. The van der Waals surface area contributed by atoms with Gasteiger partial charge in [-0.3, -0.25) is 4.90 Å². The standard InChI is InChI=1S/C33H34ClF3N4O4/c1-6-21-24(35)10-7-17-11-20(44-16-43-5)12-22(26(17)21)27-25(36)13-23-29(28(27)37)38-31(34)39-30(23)40-14-18-8-9-19(15-40)41(18)32(42)45-33(2,3)4/h7,10-13,18-19H,6,8-9,14-16H2,1-5H3. The molecule has 0 spiro atoms. The van der Waals surface area contributed by atoms with Gasteiger partial charge in [0.05, 0.1) is 17.6 Å². The number of aryl methyl sites for hydroxylation is 1. The van der Waals surface area contributed by atoms with Gasteiger partial charge < -0.3 is 19.1 Å². The number of methoxy groups -OCH3 is 1. The Balaban J connectivity index is 1.47. The molecule has 2 aliphatic heterocycles. The van der Waals surface area contributed by atoms with Crippen LogP contribution in [-0.2, 0) is 15.9 Å². The average Bonchev–Trinajstić information content (AvgIpc) is 3.25. The van der Waals surface area contributed by atoms with Gasteiger partial charge in [0, 0.05) is 25.6 Å². The Hall–Kier alpha value is -3.83. The van der Waals surface area contributed by atoms with Gasteiger partial charge in [0.15, 0.2) is 12.6 Å². The number of rotatable bonds is 6. The van der Waals surface area contributed by atoms with Crippen LogP contribution in [0.15, 0.2) is 30.3 Å². The number of piperazine rings is 1. The summed E-state index contributed by atoms with van der Waals surface area (Å²) in [5.74, 6) is -1.74. The van der Waals surface area contributed by atoms with Crippen LogP contribution in [-0.4, -0.2) is 65.6 Å². The smallest absolute Gasteiger partial charge is 0.410 e. The third kappa shape index (κ3) is 5.72. The maximum Gasteiger partial charge on any atom is 0.410 e. The number of fused-ring (bicyclic) bond motifs is 4. The van der Waals surface area contributed by atoms with Crippen molar-refractivity contribution in [1.82, 2.24) is 14.9 Å². The highest BCUT2D eigenvalue weighted by molar-refractivity contribution is 6.29. The minimum atomic E-state index is -0.956. The fourth-order valence-electron chi connectivity index (χ4n) is 6.57. The number of hydrogen-bond acceptors (Lipinski definition) is 7. The highest BCUT2D eigenvalue weighted by Crippen LogP contribution is 2.43. The van der Waals surface area contributed by atoms with Crippen LogP contribution in [0, 0.1) is 17.5 Å². The second-order valence-electron chi connectivity index (χ2n) is 12.4. The van der Waals surface area contributed by atoms with Gasteiger partial charge in [0.2, 0.25) is 5.28 Å². The molecule has 2 bridgehead atoms. The zero-order valence-corrected chi connectivity index (χ0v) is 26.5. The SMILES string of the molecule is CCc1c(F)ccc2cc(OCOC)cc(-c3c(F)cc4c(N5CC6CCC(C5)N6C(=O)OC(C)(C)C)nc(Cl)nc4c3F)c12. The molecule has 6 rings (SSSR count). The number of anilines is 1. The van der Waals surface area contributed by atoms with Crippen LogP contribution in [0.1, 0.15) is 46.1 Å². The van der Waals surface area contributed by atoms with Crippen molar-refractivity contribution in [2.45, 2.75) is 64.6 Å². The molecule has 12 heteroatoms. The second-order valence-corrected chi connectivity index (χ2v) is 12.8. The number of hydrogen-bond donors (Lipinski definition) is 0. The Morgan fingerprint density at radius 3 is 2.40 bits per heavy atom. The maximum absolute atomic E-state index is 16.6. The van der Waals surface area contributed by atoms with Crippen LogP contribution >= 0.6 is 11.6 Å². The second kappa shape index (κ2) is 11.8. The lowest BCUT2D eigenvalue weighted by Crippen LogP contribution is -2.57. The fraction of sp³-hybridized carbons (Fsp3) is 0.424. The first-order valence-electron chi connectivity index (χ1n) is 14.9. The maximum atomic E-state index is 16.6. The minimum Gasteiger partial charge on any atom is -0.468 e. The zero-order chi connectivity index (χ0) is 32.2. The Kier molecular flexibility index (Phi) is 8.19. The highest BCUT2D eigenvalue weighted by atomic mass is 35.5. The van der Waals surface area contributed by atoms with Crippen molar-refractivity contribution >= 4 is 45.2 Å². The molecule has 2 fully saturated rings. The first-order valence-corrected chi connectivity index (χ1v) is 15.3. The van der Waals surface area contributed by atoms with Gasteiger partial charge in [-0.25, -0.2) is 22.9 Å². The molecule has 2 aliphatic rings. The van der Waals surface area contributed by atoms with E-state index >= 15 is 8.78 Å². The molecule has 2 atom stereocenters. The van der Waals surface area contributed by atoms with Gasteiger partial charge >= 0.3 is 6.09 Å². The number of amides is 1. The van der Waals surface area contributed by atoms with Crippen molar-refractivity contribution in [2.75, 3.05) is 31.9 Å². The molecule has 2 saturated heterocycles. The van der Waals surface area contributed by atoms with Crippen molar-refractivity contribution < 1.29 is 32.2 Å². The molecule has 1 aromatic heterocycles. The van der Waals surface area contributed by atoms with Gasteiger partial charge in [-0.05, 0) is 97.8 Å². The lowest BCUT2D eigenvalue weighted by Gasteiger charge is -2.42. The predicted molar refractivity (Wildman–Crippen MR) is 166 cm³/mol. The molecule has 238 valence electrons. The van der Waals surface area contributed by atoms with Gasteiger partial charge in [-0.2, -0.15) is 4.98 Å². The average molecular weight is 643 g/mol. The van der Waals surface area contributed by atoms with E-state index in [2.05, 4.69) is 9.97 Å². The first kappa shape index (κ1) is 31.2. The third-order valence-corrected chi connectivity index (χ3v) is 8.50. The highest BCUT2D eigenvalue weighted by Gasteiger charge is 2.45. The van der Waals surface area contributed by atoms with E-state index in [-0.39, 0.29) is 58.1 Å². The lowest BCUT2D eigenvalue weighted by atomic mass is 9.91. The van der Waals surface area contributed by atoms with Crippen molar-refractivity contribution in [2.24, 2.45) is 0 Å². The van der Waals surface area contributed by atoms with Crippen LogP contribution in [0.3, 0.4) is 0 Å². The molecule has 0 N–H and O–H groups in total. The van der Waals surface area contributed by atoms with E-state index in [4.69, 9.17) is 25.8 Å². The van der Waals surface area contributed by atoms with E-state index in [0.29, 0.717) is 41.6 Å². The molecule has 4 aromatic rings. The van der Waals surface area contributed by atoms with Crippen molar-refractivity contribution in [3.8, 4) is 16.9 Å². The summed E-state index contributed by atoms with van der Waals surface area (Å²) in [6.07, 6.45) is 1.43. The summed E-state index contributed by atoms with van der Waals surface area (Å²) < 4.78 is 64.2. The normalized spacial score (nSPS) is 18.2. The van der Waals surface area contributed by atoms with Crippen LogP contribution in [0.4, 0.5) is 23.8 Å². The predicted octanol–water partition coefficient (Wildman–Crippen LogP) is 7.65. The van der Waals surface area contributed by atoms with Gasteiger partial charge in [-0.15, -0.1) is 0 Å². The Bertz CT molecular complexity index is 1800. The van der Waals surface area contributed by atoms with E-state index in [1.165, 1.54) is 25.3 Å². The molecule has 0 radical (unpaired) electrons. The topological polar surface area (TPSA) is 77.0 Å². The molecule has 8 nitrogen and oxygen atoms in total. The number of nitrogens with zero attached hydrogens (tertiary/aromatic N) is 4. The summed E-state index contributed by atoms with van der Waals surface area (Å²) in [7, 11) is 1.46. The molecule has 2 unspecified atom stereocenters. The summed E-state index contributed by atoms with van der Waals surface area (Å²) in [5, 5.41) is 0.851. The monoisotopic (exact) mass is 642 g/mol. The van der Waals surface area contributed by atoms with E-state index in [0.717, 1.165) is 12.8 Å². The summed E-state index contributed by atoms with van der Waals surface area (Å²) in [6.45, 7) is 7.91. The van der Waals surface area contributed by atoms with Crippen LogP contribution in [0.2, 0.25) is 5.28 Å². The first-order chi connectivity index (χ1) is 21.4. The third-order valence-electron chi connectivity index (χ3n) is 8.33. The molecular weight excluding hydrogens is 609 g/mol. The Labute approximate surface area is 264 Å². The van der Waals surface area contributed by atoms with Crippen LogP contribution < -0.4 is 9.64 Å². The van der Waals surface area contributed by atoms with E-state index in [9.17, 15) is 9.18 Å². The molecule has 3 aromatic carbocycles. The minimum absolute atomic E-state index is 0.0924. The number of carbonyl (C=O) groups excluding carboxylic acids is 1. The van der Waals surface area contributed by atoms with Crippen molar-refractivity contribution in [1.29, 1.82) is 0 Å². The Morgan fingerprint density at radius 2 is 1.76 bits per heavy atom. The fourth-order valence-corrected chi connectivity index (χ4v) is 6.74. The van der Waals surface area contributed by atoms with E-state index < -0.39 is 23.1 Å². The number of ether oxygens (including phenoxy) is 3.